The lowest BCUT2D eigenvalue weighted by molar-refractivity contribution is -0.110. The molecule has 5 heteroatoms. The van der Waals surface area contributed by atoms with Gasteiger partial charge in [0.15, 0.2) is 0 Å². The van der Waals surface area contributed by atoms with E-state index >= 15 is 0 Å². The number of fused-ring (bicyclic) bond motifs is 1. The van der Waals surface area contributed by atoms with Gasteiger partial charge in [0.05, 0.1) is 5.69 Å². The van der Waals surface area contributed by atoms with Crippen LogP contribution in [-0.2, 0) is 4.79 Å². The van der Waals surface area contributed by atoms with Gasteiger partial charge >= 0.3 is 0 Å². The lowest BCUT2D eigenvalue weighted by atomic mass is 10.1. The smallest absolute Gasteiger partial charge is 0.256 e. The van der Waals surface area contributed by atoms with Crippen LogP contribution in [0, 0.1) is 6.92 Å². The van der Waals surface area contributed by atoms with Gasteiger partial charge in [0.1, 0.15) is 0 Å². The van der Waals surface area contributed by atoms with Gasteiger partial charge in [0.25, 0.3) is 5.91 Å². The number of benzene rings is 2. The van der Waals surface area contributed by atoms with Crippen molar-refractivity contribution in [3.8, 4) is 0 Å². The van der Waals surface area contributed by atoms with Crippen molar-refractivity contribution >= 4 is 52.0 Å². The van der Waals surface area contributed by atoms with E-state index in [1.807, 2.05) is 32.0 Å². The largest absolute Gasteiger partial charge is 0.321 e. The molecule has 22 heavy (non-hydrogen) atoms. The summed E-state index contributed by atoms with van der Waals surface area (Å²) in [6.45, 7) is 3.80. The van der Waals surface area contributed by atoms with Crippen LogP contribution in [0.3, 0.4) is 0 Å². The molecule has 0 bridgehead atoms. The molecule has 0 spiro atoms. The summed E-state index contributed by atoms with van der Waals surface area (Å²) in [5.74, 6) is -0.0558. The Balaban J connectivity index is 0.000000172. The second-order valence-electron chi connectivity index (χ2n) is 4.79. The molecule has 1 amide bonds. The predicted octanol–water partition coefficient (Wildman–Crippen LogP) is 6.00. The molecule has 3 rings (SSSR count). The molecule has 2 aromatic carbocycles. The van der Waals surface area contributed by atoms with E-state index in [0.29, 0.717) is 20.6 Å². The summed E-state index contributed by atoms with van der Waals surface area (Å²) in [6, 6.07) is 10.8. The van der Waals surface area contributed by atoms with Crippen molar-refractivity contribution in [2.45, 2.75) is 13.8 Å². The Bertz CT molecular complexity index is 703. The molecule has 2 aromatic rings. The van der Waals surface area contributed by atoms with Gasteiger partial charge < -0.3 is 5.32 Å². The summed E-state index contributed by atoms with van der Waals surface area (Å²) >= 11 is 17.1. The number of aryl methyl sites for hydroxylation is 1. The summed E-state index contributed by atoms with van der Waals surface area (Å²) in [5.41, 5.74) is 3.53. The molecule has 0 saturated heterocycles. The average Bonchev–Trinajstić information content (AvgIpc) is 2.71. The number of halogens is 3. The maximum atomic E-state index is 11.4. The second kappa shape index (κ2) is 7.19. The monoisotopic (exact) mass is 353 g/mol. The molecular weight excluding hydrogens is 341 g/mol. The Morgan fingerprint density at radius 2 is 1.59 bits per heavy atom. The topological polar surface area (TPSA) is 29.1 Å². The summed E-state index contributed by atoms with van der Waals surface area (Å²) in [6.07, 6.45) is 1.80. The van der Waals surface area contributed by atoms with Crippen molar-refractivity contribution in [2.24, 2.45) is 0 Å². The molecule has 1 aliphatic heterocycles. The first kappa shape index (κ1) is 16.9. The molecule has 0 aliphatic carbocycles. The van der Waals surface area contributed by atoms with E-state index in [0.717, 1.165) is 16.8 Å². The summed E-state index contributed by atoms with van der Waals surface area (Å²) < 4.78 is 0. The molecular formula is C17H14Cl3NO. The Morgan fingerprint density at radius 3 is 2.14 bits per heavy atom. The first-order valence-corrected chi connectivity index (χ1v) is 7.74. The van der Waals surface area contributed by atoms with Crippen molar-refractivity contribution in [1.29, 1.82) is 0 Å². The van der Waals surface area contributed by atoms with E-state index in [4.69, 9.17) is 34.8 Å². The Kier molecular flexibility index (Phi) is 5.52. The van der Waals surface area contributed by atoms with Crippen molar-refractivity contribution in [1.82, 2.24) is 0 Å². The molecule has 1 aliphatic rings. The molecule has 1 heterocycles. The zero-order chi connectivity index (χ0) is 16.3. The Labute approximate surface area is 144 Å². The molecule has 0 saturated carbocycles. The van der Waals surface area contributed by atoms with Crippen LogP contribution >= 0.6 is 34.8 Å². The Morgan fingerprint density at radius 1 is 0.955 bits per heavy atom. The fourth-order valence-electron chi connectivity index (χ4n) is 2.15. The number of nitrogens with one attached hydrogen (secondary N) is 1. The van der Waals surface area contributed by atoms with Gasteiger partial charge in [0, 0.05) is 26.2 Å². The number of anilines is 1. The van der Waals surface area contributed by atoms with E-state index in [1.165, 1.54) is 0 Å². The van der Waals surface area contributed by atoms with Crippen LogP contribution in [0.5, 0.6) is 0 Å². The number of allylic oxidation sites excluding steroid dienone is 1. The first-order valence-electron chi connectivity index (χ1n) is 6.61. The quantitative estimate of drug-likeness (QED) is 0.578. The van der Waals surface area contributed by atoms with Crippen molar-refractivity contribution in [2.75, 3.05) is 5.32 Å². The van der Waals surface area contributed by atoms with E-state index < -0.39 is 0 Å². The van der Waals surface area contributed by atoms with Gasteiger partial charge in [-0.2, -0.15) is 0 Å². The second-order valence-corrected chi connectivity index (χ2v) is 6.10. The lowest BCUT2D eigenvalue weighted by Crippen LogP contribution is -2.03. The maximum absolute atomic E-state index is 11.4. The van der Waals surface area contributed by atoms with E-state index in [9.17, 15) is 4.79 Å². The fourth-order valence-corrected chi connectivity index (χ4v) is 2.95. The van der Waals surface area contributed by atoms with Crippen LogP contribution in [-0.4, -0.2) is 5.91 Å². The molecule has 0 atom stereocenters. The van der Waals surface area contributed by atoms with Gasteiger partial charge in [-0.1, -0.05) is 46.9 Å². The number of rotatable bonds is 0. The SMILES string of the molecule is C/C=C1/C(=O)Nc2cc(Cl)ccc21.Cc1cc(Cl)cc(Cl)c1. The number of carbonyl (C=O) groups is 1. The molecule has 0 unspecified atom stereocenters. The summed E-state index contributed by atoms with van der Waals surface area (Å²) in [5, 5.41) is 4.77. The molecule has 2 nitrogen and oxygen atoms in total. The molecule has 1 N–H and O–H groups in total. The molecule has 0 aromatic heterocycles. The van der Waals surface area contributed by atoms with E-state index in [2.05, 4.69) is 5.32 Å². The average molecular weight is 355 g/mol. The van der Waals surface area contributed by atoms with Crippen molar-refractivity contribution in [3.05, 3.63) is 68.7 Å². The highest BCUT2D eigenvalue weighted by Crippen LogP contribution is 2.33. The van der Waals surface area contributed by atoms with Crippen LogP contribution in [0.15, 0.2) is 42.5 Å². The third-order valence-electron chi connectivity index (χ3n) is 3.06. The fraction of sp³-hybridized carbons (Fsp3) is 0.118. The van der Waals surface area contributed by atoms with Crippen molar-refractivity contribution < 1.29 is 4.79 Å². The normalized spacial score (nSPS) is 14.2. The van der Waals surface area contributed by atoms with Crippen LogP contribution < -0.4 is 5.32 Å². The van der Waals surface area contributed by atoms with Gasteiger partial charge in [-0.05, 0) is 49.7 Å². The number of hydrogen-bond acceptors (Lipinski definition) is 1. The third-order valence-corrected chi connectivity index (χ3v) is 3.73. The van der Waals surface area contributed by atoms with E-state index in [1.54, 1.807) is 24.3 Å². The molecule has 114 valence electrons. The van der Waals surface area contributed by atoms with Crippen LogP contribution in [0.4, 0.5) is 5.69 Å². The Hall–Kier alpha value is -1.48. The zero-order valence-corrected chi connectivity index (χ0v) is 14.4. The minimum Gasteiger partial charge on any atom is -0.321 e. The van der Waals surface area contributed by atoms with Gasteiger partial charge in [0.2, 0.25) is 0 Å². The highest BCUT2D eigenvalue weighted by atomic mass is 35.5. The minimum atomic E-state index is -0.0558. The van der Waals surface area contributed by atoms with Gasteiger partial charge in [-0.25, -0.2) is 0 Å². The molecule has 0 radical (unpaired) electrons. The number of amides is 1. The number of hydrogen-bond donors (Lipinski definition) is 1. The summed E-state index contributed by atoms with van der Waals surface area (Å²) in [7, 11) is 0. The predicted molar refractivity (Wildman–Crippen MR) is 94.9 cm³/mol. The molecule has 0 fully saturated rings. The standard InChI is InChI=1S/C10H8ClNO.C7H6Cl2/c1-2-7-8-4-3-6(11)5-9(8)12-10(7)13;1-5-2-6(8)4-7(9)3-5/h2-5H,1H3,(H,12,13);2-4H,1H3/b7-2+;. The number of carbonyl (C=O) groups excluding carboxylic acids is 1. The highest BCUT2D eigenvalue weighted by molar-refractivity contribution is 6.35. The minimum absolute atomic E-state index is 0.0558. The first-order chi connectivity index (χ1) is 10.4. The van der Waals surface area contributed by atoms with E-state index in [-0.39, 0.29) is 5.91 Å². The van der Waals surface area contributed by atoms with Gasteiger partial charge in [-0.3, -0.25) is 4.79 Å². The zero-order valence-electron chi connectivity index (χ0n) is 12.1. The lowest BCUT2D eigenvalue weighted by Gasteiger charge is -1.97. The summed E-state index contributed by atoms with van der Waals surface area (Å²) in [4.78, 5) is 11.4. The maximum Gasteiger partial charge on any atom is 0.256 e. The highest BCUT2D eigenvalue weighted by Gasteiger charge is 2.22. The van der Waals surface area contributed by atoms with Gasteiger partial charge in [-0.15, -0.1) is 0 Å². The third kappa shape index (κ3) is 4.04. The van der Waals surface area contributed by atoms with Crippen LogP contribution in [0.2, 0.25) is 15.1 Å². The van der Waals surface area contributed by atoms with Crippen LogP contribution in [0.1, 0.15) is 18.1 Å². The van der Waals surface area contributed by atoms with Crippen molar-refractivity contribution in [3.63, 3.8) is 0 Å². The van der Waals surface area contributed by atoms with Crippen LogP contribution in [0.25, 0.3) is 5.57 Å².